The summed E-state index contributed by atoms with van der Waals surface area (Å²) in [6.45, 7) is 5.03. The molecule has 116 valence electrons. The van der Waals surface area contributed by atoms with Gasteiger partial charge in [-0.25, -0.2) is 9.78 Å². The molecule has 1 aromatic heterocycles. The van der Waals surface area contributed by atoms with E-state index < -0.39 is 5.97 Å². The molecular formula is C16H25N3O2. The highest BCUT2D eigenvalue weighted by atomic mass is 16.4. The van der Waals surface area contributed by atoms with Crippen LogP contribution in [0.4, 0.5) is 5.82 Å². The fraction of sp³-hybridized carbons (Fsp3) is 0.625. The summed E-state index contributed by atoms with van der Waals surface area (Å²) < 4.78 is 0. The lowest BCUT2D eigenvalue weighted by Gasteiger charge is -2.34. The Kier molecular flexibility index (Phi) is 5.17. The molecule has 2 heterocycles. The van der Waals surface area contributed by atoms with E-state index in [9.17, 15) is 9.90 Å². The molecule has 1 fully saturated rings. The van der Waals surface area contributed by atoms with Gasteiger partial charge in [0.05, 0.1) is 5.56 Å². The van der Waals surface area contributed by atoms with Crippen molar-refractivity contribution in [1.82, 2.24) is 9.88 Å². The van der Waals surface area contributed by atoms with Crippen LogP contribution in [0.3, 0.4) is 0 Å². The lowest BCUT2D eigenvalue weighted by atomic mass is 9.96. The molecule has 21 heavy (non-hydrogen) atoms. The number of aromatic nitrogens is 1. The molecule has 0 aromatic carbocycles. The van der Waals surface area contributed by atoms with Crippen LogP contribution in [-0.4, -0.2) is 54.7 Å². The number of piperidine rings is 1. The zero-order valence-electron chi connectivity index (χ0n) is 13.2. The predicted octanol–water partition coefficient (Wildman–Crippen LogP) is 2.12. The number of rotatable bonds is 5. The van der Waals surface area contributed by atoms with Crippen molar-refractivity contribution in [3.8, 4) is 0 Å². The Labute approximate surface area is 126 Å². The van der Waals surface area contributed by atoms with Crippen LogP contribution in [-0.2, 0) is 6.42 Å². The summed E-state index contributed by atoms with van der Waals surface area (Å²) in [4.78, 5) is 20.3. The smallest absolute Gasteiger partial charge is 0.335 e. The highest BCUT2D eigenvalue weighted by Gasteiger charge is 2.21. The molecule has 0 amide bonds. The third-order valence-corrected chi connectivity index (χ3v) is 4.04. The maximum absolute atomic E-state index is 11.2. The van der Waals surface area contributed by atoms with E-state index in [4.69, 9.17) is 0 Å². The molecule has 1 N–H and O–H groups in total. The van der Waals surface area contributed by atoms with Gasteiger partial charge in [-0.3, -0.25) is 0 Å². The standard InChI is InChI=1S/C16H25N3O2/c1-4-14-9-13(16(20)21)10-15(17-14)19-7-5-12(6-8-19)11-18(2)3/h9-10,12H,4-8,11H2,1-3H3,(H,20,21). The van der Waals surface area contributed by atoms with Crippen molar-refractivity contribution in [3.63, 3.8) is 0 Å². The van der Waals surface area contributed by atoms with E-state index in [0.717, 1.165) is 56.3 Å². The van der Waals surface area contributed by atoms with E-state index in [1.54, 1.807) is 12.1 Å². The Morgan fingerprint density at radius 2 is 2.05 bits per heavy atom. The van der Waals surface area contributed by atoms with E-state index in [1.165, 1.54) is 0 Å². The molecular weight excluding hydrogens is 266 g/mol. The summed E-state index contributed by atoms with van der Waals surface area (Å²) in [6.07, 6.45) is 3.03. The van der Waals surface area contributed by atoms with E-state index in [-0.39, 0.29) is 0 Å². The maximum atomic E-state index is 11.2. The normalized spacial score (nSPS) is 16.5. The average molecular weight is 291 g/mol. The Balaban J connectivity index is 2.09. The van der Waals surface area contributed by atoms with Gasteiger partial charge >= 0.3 is 5.97 Å². The highest BCUT2D eigenvalue weighted by Crippen LogP contribution is 2.23. The molecule has 0 saturated carbocycles. The van der Waals surface area contributed by atoms with E-state index in [1.807, 2.05) is 6.92 Å². The van der Waals surface area contributed by atoms with Crippen molar-refractivity contribution in [2.24, 2.45) is 5.92 Å². The fourth-order valence-electron chi connectivity index (χ4n) is 2.90. The van der Waals surface area contributed by atoms with E-state index in [2.05, 4.69) is 28.9 Å². The number of carboxylic acid groups (broad SMARTS) is 1. The summed E-state index contributed by atoms with van der Waals surface area (Å²) in [6, 6.07) is 3.37. The number of aromatic carboxylic acids is 1. The van der Waals surface area contributed by atoms with E-state index >= 15 is 0 Å². The van der Waals surface area contributed by atoms with Gasteiger partial charge in [-0.1, -0.05) is 6.92 Å². The maximum Gasteiger partial charge on any atom is 0.335 e. The number of anilines is 1. The van der Waals surface area contributed by atoms with Gasteiger partial charge < -0.3 is 14.9 Å². The van der Waals surface area contributed by atoms with Gasteiger partial charge in [-0.15, -0.1) is 0 Å². The summed E-state index contributed by atoms with van der Waals surface area (Å²) in [5.74, 6) is 0.662. The van der Waals surface area contributed by atoms with Gasteiger partial charge in [-0.05, 0) is 51.4 Å². The molecule has 1 aromatic rings. The van der Waals surface area contributed by atoms with Crippen molar-refractivity contribution in [1.29, 1.82) is 0 Å². The molecule has 1 saturated heterocycles. The monoisotopic (exact) mass is 291 g/mol. The Hall–Kier alpha value is -1.62. The zero-order valence-corrected chi connectivity index (χ0v) is 13.2. The number of hydrogen-bond acceptors (Lipinski definition) is 4. The Morgan fingerprint density at radius 1 is 1.38 bits per heavy atom. The summed E-state index contributed by atoms with van der Waals surface area (Å²) in [5.41, 5.74) is 1.19. The van der Waals surface area contributed by atoms with Crippen molar-refractivity contribution in [3.05, 3.63) is 23.4 Å². The third-order valence-electron chi connectivity index (χ3n) is 4.04. The van der Waals surface area contributed by atoms with Crippen molar-refractivity contribution in [2.45, 2.75) is 26.2 Å². The number of hydrogen-bond donors (Lipinski definition) is 1. The topological polar surface area (TPSA) is 56.7 Å². The molecule has 5 nitrogen and oxygen atoms in total. The molecule has 0 bridgehead atoms. The summed E-state index contributed by atoms with van der Waals surface area (Å²) >= 11 is 0. The second-order valence-corrected chi connectivity index (χ2v) is 6.06. The summed E-state index contributed by atoms with van der Waals surface area (Å²) in [7, 11) is 4.22. The lowest BCUT2D eigenvalue weighted by Crippen LogP contribution is -2.37. The number of pyridine rings is 1. The minimum atomic E-state index is -0.879. The van der Waals surface area contributed by atoms with Gasteiger partial charge in [-0.2, -0.15) is 0 Å². The van der Waals surface area contributed by atoms with Gasteiger partial charge in [0.25, 0.3) is 0 Å². The van der Waals surface area contributed by atoms with Crippen LogP contribution >= 0.6 is 0 Å². The number of nitrogens with zero attached hydrogens (tertiary/aromatic N) is 3. The summed E-state index contributed by atoms with van der Waals surface area (Å²) in [5, 5.41) is 9.22. The van der Waals surface area contributed by atoms with Crippen molar-refractivity contribution in [2.75, 3.05) is 38.6 Å². The molecule has 2 rings (SSSR count). The van der Waals surface area contributed by atoms with Crippen molar-refractivity contribution < 1.29 is 9.90 Å². The van der Waals surface area contributed by atoms with Gasteiger partial charge in [0, 0.05) is 25.3 Å². The zero-order chi connectivity index (χ0) is 15.4. The number of aryl methyl sites for hydroxylation is 1. The SMILES string of the molecule is CCc1cc(C(=O)O)cc(N2CCC(CN(C)C)CC2)n1. The van der Waals surface area contributed by atoms with Gasteiger partial charge in [0.1, 0.15) is 5.82 Å². The highest BCUT2D eigenvalue weighted by molar-refractivity contribution is 5.88. The minimum absolute atomic E-state index is 0.340. The van der Waals surface area contributed by atoms with Crippen LogP contribution in [0.1, 0.15) is 35.8 Å². The molecule has 5 heteroatoms. The second kappa shape index (κ2) is 6.89. The second-order valence-electron chi connectivity index (χ2n) is 6.06. The van der Waals surface area contributed by atoms with Crippen LogP contribution in [0.2, 0.25) is 0 Å². The molecule has 0 radical (unpaired) electrons. The first-order chi connectivity index (χ1) is 9.99. The van der Waals surface area contributed by atoms with Crippen LogP contribution in [0, 0.1) is 5.92 Å². The predicted molar refractivity (Wildman–Crippen MR) is 84.1 cm³/mol. The van der Waals surface area contributed by atoms with Gasteiger partial charge in [0.2, 0.25) is 0 Å². The van der Waals surface area contributed by atoms with Crippen LogP contribution in [0.5, 0.6) is 0 Å². The Bertz CT molecular complexity index is 494. The molecule has 1 aliphatic rings. The number of carboxylic acids is 1. The van der Waals surface area contributed by atoms with Crippen LogP contribution in [0.15, 0.2) is 12.1 Å². The first kappa shape index (κ1) is 15.8. The van der Waals surface area contributed by atoms with Crippen LogP contribution < -0.4 is 4.90 Å². The van der Waals surface area contributed by atoms with Gasteiger partial charge in [0.15, 0.2) is 0 Å². The van der Waals surface area contributed by atoms with Crippen LogP contribution in [0.25, 0.3) is 0 Å². The molecule has 0 spiro atoms. The molecule has 1 aliphatic heterocycles. The van der Waals surface area contributed by atoms with E-state index in [0.29, 0.717) is 5.56 Å². The Morgan fingerprint density at radius 3 is 2.57 bits per heavy atom. The third kappa shape index (κ3) is 4.17. The van der Waals surface area contributed by atoms with Crippen molar-refractivity contribution >= 4 is 11.8 Å². The molecule has 0 aliphatic carbocycles. The largest absolute Gasteiger partial charge is 0.478 e. The first-order valence-corrected chi connectivity index (χ1v) is 7.63. The minimum Gasteiger partial charge on any atom is -0.478 e. The average Bonchev–Trinajstić information content (AvgIpc) is 2.46. The fourth-order valence-corrected chi connectivity index (χ4v) is 2.90. The quantitative estimate of drug-likeness (QED) is 0.900. The molecule has 0 atom stereocenters. The number of carbonyl (C=O) groups is 1. The lowest BCUT2D eigenvalue weighted by molar-refractivity contribution is 0.0696. The molecule has 0 unspecified atom stereocenters. The first-order valence-electron chi connectivity index (χ1n) is 7.63.